The molecular weight excluding hydrogens is 286 g/mol. The van der Waals surface area contributed by atoms with Crippen LogP contribution in [0.2, 0.25) is 0 Å². The lowest BCUT2D eigenvalue weighted by Gasteiger charge is -2.17. The predicted molar refractivity (Wildman–Crippen MR) is 81.3 cm³/mol. The molecule has 0 unspecified atom stereocenters. The molecule has 1 heterocycles. The lowest BCUT2D eigenvalue weighted by molar-refractivity contribution is -0.128. The van der Waals surface area contributed by atoms with Gasteiger partial charge in [0, 0.05) is 6.08 Å². The maximum absolute atomic E-state index is 11.7. The molecule has 0 aliphatic rings. The van der Waals surface area contributed by atoms with E-state index < -0.39 is 23.8 Å². The summed E-state index contributed by atoms with van der Waals surface area (Å²) in [7, 11) is 0. The van der Waals surface area contributed by atoms with E-state index in [1.807, 2.05) is 13.8 Å². The van der Waals surface area contributed by atoms with Gasteiger partial charge < -0.3 is 20.8 Å². The Labute approximate surface area is 128 Å². The first-order valence-corrected chi connectivity index (χ1v) is 6.96. The van der Waals surface area contributed by atoms with Crippen LogP contribution in [0.3, 0.4) is 0 Å². The average molecular weight is 307 g/mol. The third-order valence-electron chi connectivity index (χ3n) is 2.75. The van der Waals surface area contributed by atoms with E-state index in [2.05, 4.69) is 10.6 Å². The van der Waals surface area contributed by atoms with Gasteiger partial charge in [-0.2, -0.15) is 0 Å². The Bertz CT molecular complexity index is 535. The van der Waals surface area contributed by atoms with Gasteiger partial charge in [0.25, 0.3) is 0 Å². The Morgan fingerprint density at radius 3 is 2.64 bits per heavy atom. The lowest BCUT2D eigenvalue weighted by Crippen LogP contribution is -2.48. The van der Waals surface area contributed by atoms with Gasteiger partial charge in [0.2, 0.25) is 17.7 Å². The summed E-state index contributed by atoms with van der Waals surface area (Å²) in [6.45, 7) is 3.61. The molecule has 1 atom stereocenters. The standard InChI is InChI=1S/C15H21N3O4/c1-10(2)8-12(15(16)21)18-14(20)9-17-13(19)6-5-11-4-3-7-22-11/h3-7,10,12H,8-9H2,1-2H3,(H2,16,21)(H,17,19)(H,18,20)/b6-5-/t12-/m0/s1. The monoisotopic (exact) mass is 307 g/mol. The second kappa shape index (κ2) is 8.66. The molecule has 0 aromatic carbocycles. The van der Waals surface area contributed by atoms with Crippen LogP contribution in [0.4, 0.5) is 0 Å². The molecule has 3 amide bonds. The van der Waals surface area contributed by atoms with Crippen LogP contribution in [0.5, 0.6) is 0 Å². The molecule has 1 aromatic heterocycles. The van der Waals surface area contributed by atoms with Crippen molar-refractivity contribution in [2.24, 2.45) is 11.7 Å². The van der Waals surface area contributed by atoms with E-state index in [0.717, 1.165) is 0 Å². The fourth-order valence-corrected chi connectivity index (χ4v) is 1.73. The molecule has 0 radical (unpaired) electrons. The van der Waals surface area contributed by atoms with Crippen molar-refractivity contribution in [3.8, 4) is 0 Å². The number of amides is 3. The second-order valence-corrected chi connectivity index (χ2v) is 5.22. The fraction of sp³-hybridized carbons (Fsp3) is 0.400. The number of nitrogens with two attached hydrogens (primary N) is 1. The van der Waals surface area contributed by atoms with Crippen LogP contribution >= 0.6 is 0 Å². The van der Waals surface area contributed by atoms with Gasteiger partial charge in [-0.25, -0.2) is 0 Å². The van der Waals surface area contributed by atoms with Crippen molar-refractivity contribution < 1.29 is 18.8 Å². The molecule has 0 aliphatic carbocycles. The van der Waals surface area contributed by atoms with E-state index in [1.165, 1.54) is 18.4 Å². The van der Waals surface area contributed by atoms with Crippen LogP contribution in [0, 0.1) is 5.92 Å². The highest BCUT2D eigenvalue weighted by atomic mass is 16.3. The van der Waals surface area contributed by atoms with Crippen molar-refractivity contribution in [3.05, 3.63) is 30.2 Å². The second-order valence-electron chi connectivity index (χ2n) is 5.22. The highest BCUT2D eigenvalue weighted by Crippen LogP contribution is 2.04. The Balaban J connectivity index is 2.38. The summed E-state index contributed by atoms with van der Waals surface area (Å²) in [4.78, 5) is 34.5. The number of hydrogen-bond donors (Lipinski definition) is 3. The Morgan fingerprint density at radius 1 is 1.36 bits per heavy atom. The molecule has 7 nitrogen and oxygen atoms in total. The van der Waals surface area contributed by atoms with Gasteiger partial charge >= 0.3 is 0 Å². The first-order chi connectivity index (χ1) is 10.4. The summed E-state index contributed by atoms with van der Waals surface area (Å²) >= 11 is 0. The maximum atomic E-state index is 11.7. The fourth-order valence-electron chi connectivity index (χ4n) is 1.73. The van der Waals surface area contributed by atoms with E-state index in [-0.39, 0.29) is 12.5 Å². The Kier molecular flexibility index (Phi) is 6.88. The number of hydrogen-bond acceptors (Lipinski definition) is 4. The van der Waals surface area contributed by atoms with Crippen LogP contribution in [0.25, 0.3) is 6.08 Å². The maximum Gasteiger partial charge on any atom is 0.244 e. The van der Waals surface area contributed by atoms with E-state index >= 15 is 0 Å². The zero-order chi connectivity index (χ0) is 16.5. The smallest absolute Gasteiger partial charge is 0.244 e. The summed E-state index contributed by atoms with van der Waals surface area (Å²) in [5, 5.41) is 4.91. The minimum atomic E-state index is -0.733. The normalized spacial score (nSPS) is 12.3. The van der Waals surface area contributed by atoms with Crippen LogP contribution in [0.1, 0.15) is 26.0 Å². The third-order valence-corrected chi connectivity index (χ3v) is 2.75. The van der Waals surface area contributed by atoms with Crippen LogP contribution in [0.15, 0.2) is 28.9 Å². The molecule has 0 saturated carbocycles. The molecule has 0 aliphatic heterocycles. The number of rotatable bonds is 8. The van der Waals surface area contributed by atoms with Crippen molar-refractivity contribution in [1.82, 2.24) is 10.6 Å². The number of carbonyl (C=O) groups is 3. The first-order valence-electron chi connectivity index (χ1n) is 6.96. The first kappa shape index (κ1) is 17.5. The van der Waals surface area contributed by atoms with Crippen molar-refractivity contribution in [1.29, 1.82) is 0 Å². The molecule has 0 fully saturated rings. The van der Waals surface area contributed by atoms with Crippen molar-refractivity contribution in [2.75, 3.05) is 6.54 Å². The molecule has 4 N–H and O–H groups in total. The van der Waals surface area contributed by atoms with Crippen LogP contribution < -0.4 is 16.4 Å². The van der Waals surface area contributed by atoms with Gasteiger partial charge in [-0.05, 0) is 30.5 Å². The van der Waals surface area contributed by atoms with E-state index in [9.17, 15) is 14.4 Å². The van der Waals surface area contributed by atoms with Gasteiger partial charge in [0.05, 0.1) is 12.8 Å². The summed E-state index contributed by atoms with van der Waals surface area (Å²) in [5.74, 6) is -0.754. The van der Waals surface area contributed by atoms with Gasteiger partial charge in [-0.3, -0.25) is 14.4 Å². The highest BCUT2D eigenvalue weighted by Gasteiger charge is 2.19. The Hall–Kier alpha value is -2.57. The van der Waals surface area contributed by atoms with Gasteiger partial charge in [-0.15, -0.1) is 0 Å². The van der Waals surface area contributed by atoms with Gasteiger partial charge in [-0.1, -0.05) is 13.8 Å². The highest BCUT2D eigenvalue weighted by molar-refractivity contribution is 5.94. The van der Waals surface area contributed by atoms with Crippen molar-refractivity contribution in [3.63, 3.8) is 0 Å². The largest absolute Gasteiger partial charge is 0.465 e. The van der Waals surface area contributed by atoms with E-state index in [1.54, 1.807) is 12.1 Å². The van der Waals surface area contributed by atoms with Crippen LogP contribution in [-0.4, -0.2) is 30.3 Å². The number of carbonyl (C=O) groups excluding carboxylic acids is 3. The topological polar surface area (TPSA) is 114 Å². The number of furan rings is 1. The van der Waals surface area contributed by atoms with E-state index in [0.29, 0.717) is 12.2 Å². The summed E-state index contributed by atoms with van der Waals surface area (Å²) in [6, 6.07) is 2.66. The molecule has 0 bridgehead atoms. The molecule has 120 valence electrons. The average Bonchev–Trinajstić information content (AvgIpc) is 2.94. The van der Waals surface area contributed by atoms with Crippen molar-refractivity contribution >= 4 is 23.8 Å². The molecule has 22 heavy (non-hydrogen) atoms. The lowest BCUT2D eigenvalue weighted by atomic mass is 10.0. The molecule has 0 saturated heterocycles. The van der Waals surface area contributed by atoms with Gasteiger partial charge in [0.1, 0.15) is 11.8 Å². The third kappa shape index (κ3) is 6.74. The molecule has 1 aromatic rings. The van der Waals surface area contributed by atoms with Crippen LogP contribution in [-0.2, 0) is 14.4 Å². The minimum Gasteiger partial charge on any atom is -0.465 e. The number of primary amides is 1. The summed E-state index contributed by atoms with van der Waals surface area (Å²) in [6.07, 6.45) is 4.68. The zero-order valence-electron chi connectivity index (χ0n) is 12.7. The molecule has 7 heteroatoms. The predicted octanol–water partition coefficient (Wildman–Crippen LogP) is 0.425. The number of nitrogens with one attached hydrogen (secondary N) is 2. The summed E-state index contributed by atoms with van der Waals surface area (Å²) in [5.41, 5.74) is 5.23. The van der Waals surface area contributed by atoms with E-state index in [4.69, 9.17) is 10.2 Å². The van der Waals surface area contributed by atoms with Gasteiger partial charge in [0.15, 0.2) is 0 Å². The minimum absolute atomic E-state index is 0.212. The quantitative estimate of drug-likeness (QED) is 0.604. The molecular formula is C15H21N3O4. The Morgan fingerprint density at radius 2 is 2.09 bits per heavy atom. The zero-order valence-corrected chi connectivity index (χ0v) is 12.7. The molecule has 0 spiro atoms. The SMILES string of the molecule is CC(C)C[C@H](NC(=O)CNC(=O)/C=C\c1ccco1)C(N)=O. The molecule has 1 rings (SSSR count). The van der Waals surface area contributed by atoms with Crippen molar-refractivity contribution in [2.45, 2.75) is 26.3 Å². The summed E-state index contributed by atoms with van der Waals surface area (Å²) < 4.78 is 5.03.